The molecular weight excluding hydrogens is 260 g/mol. The Balaban J connectivity index is 2.04. The van der Waals surface area contributed by atoms with E-state index in [-0.39, 0.29) is 23.3 Å². The summed E-state index contributed by atoms with van der Waals surface area (Å²) in [5, 5.41) is 20.9. The fourth-order valence-electron chi connectivity index (χ4n) is 3.54. The van der Waals surface area contributed by atoms with Gasteiger partial charge in [0.1, 0.15) is 11.5 Å². The zero-order valence-electron chi connectivity index (χ0n) is 12.9. The van der Waals surface area contributed by atoms with Crippen LogP contribution in [0, 0.1) is 5.92 Å². The van der Waals surface area contributed by atoms with Crippen LogP contribution in [0.1, 0.15) is 62.5 Å². The Kier molecular flexibility index (Phi) is 3.56. The van der Waals surface area contributed by atoms with Crippen molar-refractivity contribution in [3.8, 4) is 11.5 Å². The minimum absolute atomic E-state index is 0.0319. The van der Waals surface area contributed by atoms with Gasteiger partial charge in [-0.05, 0) is 69.1 Å². The number of rotatable bonds is 3. The van der Waals surface area contributed by atoms with Crippen LogP contribution in [0.2, 0.25) is 0 Å². The first-order valence-electron chi connectivity index (χ1n) is 7.86. The molecule has 0 amide bonds. The average molecular weight is 284 g/mol. The first-order valence-corrected chi connectivity index (χ1v) is 7.86. The normalized spacial score (nSPS) is 25.5. The SMILES string of the molecule is C=C(C)[C@@H]1CCC(C)=C[C@H]1c1c(O)cc(C2CC2)cc1O. The fraction of sp³-hybridized carbons (Fsp3) is 0.474. The Labute approximate surface area is 126 Å². The fourth-order valence-corrected chi connectivity index (χ4v) is 3.54. The van der Waals surface area contributed by atoms with Crippen molar-refractivity contribution in [1.82, 2.24) is 0 Å². The molecule has 0 bridgehead atoms. The van der Waals surface area contributed by atoms with Gasteiger partial charge in [0.05, 0.1) is 0 Å². The summed E-state index contributed by atoms with van der Waals surface area (Å²) in [7, 11) is 0. The van der Waals surface area contributed by atoms with Crippen molar-refractivity contribution in [2.24, 2.45) is 5.92 Å². The Hall–Kier alpha value is -1.70. The molecule has 0 spiro atoms. The highest BCUT2D eigenvalue weighted by molar-refractivity contribution is 5.53. The van der Waals surface area contributed by atoms with Gasteiger partial charge in [-0.25, -0.2) is 0 Å². The molecule has 1 fully saturated rings. The summed E-state index contributed by atoms with van der Waals surface area (Å²) < 4.78 is 0. The minimum atomic E-state index is 0.0319. The number of benzene rings is 1. The van der Waals surface area contributed by atoms with Gasteiger partial charge in [0.25, 0.3) is 0 Å². The van der Waals surface area contributed by atoms with Crippen molar-refractivity contribution in [1.29, 1.82) is 0 Å². The molecule has 21 heavy (non-hydrogen) atoms. The van der Waals surface area contributed by atoms with E-state index in [1.165, 1.54) is 5.57 Å². The number of hydrogen-bond acceptors (Lipinski definition) is 2. The first kappa shape index (κ1) is 14.2. The monoisotopic (exact) mass is 284 g/mol. The maximum absolute atomic E-state index is 10.5. The highest BCUT2D eigenvalue weighted by Crippen LogP contribution is 2.49. The van der Waals surface area contributed by atoms with Gasteiger partial charge in [-0.2, -0.15) is 0 Å². The molecule has 0 heterocycles. The van der Waals surface area contributed by atoms with Crippen LogP contribution in [-0.4, -0.2) is 10.2 Å². The van der Waals surface area contributed by atoms with Gasteiger partial charge in [-0.3, -0.25) is 0 Å². The first-order chi connectivity index (χ1) is 9.97. The highest BCUT2D eigenvalue weighted by Gasteiger charge is 2.32. The van der Waals surface area contributed by atoms with Crippen molar-refractivity contribution < 1.29 is 10.2 Å². The van der Waals surface area contributed by atoms with Crippen molar-refractivity contribution in [2.45, 2.75) is 51.4 Å². The third-order valence-corrected chi connectivity index (χ3v) is 4.92. The summed E-state index contributed by atoms with van der Waals surface area (Å²) in [4.78, 5) is 0. The predicted molar refractivity (Wildman–Crippen MR) is 85.8 cm³/mol. The molecule has 3 rings (SSSR count). The molecule has 0 aliphatic heterocycles. The lowest BCUT2D eigenvalue weighted by Gasteiger charge is -2.31. The van der Waals surface area contributed by atoms with Crippen molar-refractivity contribution in [3.05, 3.63) is 47.1 Å². The summed E-state index contributed by atoms with van der Waals surface area (Å²) in [5.41, 5.74) is 4.18. The summed E-state index contributed by atoms with van der Waals surface area (Å²) in [5.74, 6) is 1.32. The zero-order chi connectivity index (χ0) is 15.1. The molecule has 2 aliphatic carbocycles. The van der Waals surface area contributed by atoms with E-state index in [0.29, 0.717) is 11.5 Å². The standard InChI is InChI=1S/C19H24O2/c1-11(2)15-7-4-12(3)8-16(15)19-17(20)9-14(10-18(19)21)13-5-6-13/h8-10,13,15-16,20-21H,1,4-7H2,2-3H3/t15-,16+/m0/s1. The van der Waals surface area contributed by atoms with Crippen molar-refractivity contribution in [3.63, 3.8) is 0 Å². The third kappa shape index (κ3) is 2.72. The molecule has 112 valence electrons. The second kappa shape index (κ2) is 5.25. The van der Waals surface area contributed by atoms with Crippen LogP contribution in [-0.2, 0) is 0 Å². The molecule has 2 N–H and O–H groups in total. The van der Waals surface area contributed by atoms with Gasteiger partial charge in [0, 0.05) is 11.5 Å². The second-order valence-corrected chi connectivity index (χ2v) is 6.78. The molecular formula is C19H24O2. The second-order valence-electron chi connectivity index (χ2n) is 6.78. The van der Waals surface area contributed by atoms with E-state index in [4.69, 9.17) is 0 Å². The van der Waals surface area contributed by atoms with Gasteiger partial charge in [0.15, 0.2) is 0 Å². The van der Waals surface area contributed by atoms with E-state index in [9.17, 15) is 10.2 Å². The van der Waals surface area contributed by atoms with E-state index in [1.807, 2.05) is 19.1 Å². The van der Waals surface area contributed by atoms with Gasteiger partial charge in [0.2, 0.25) is 0 Å². The smallest absolute Gasteiger partial charge is 0.123 e. The van der Waals surface area contributed by atoms with E-state index < -0.39 is 0 Å². The quantitative estimate of drug-likeness (QED) is 0.767. The largest absolute Gasteiger partial charge is 0.507 e. The van der Waals surface area contributed by atoms with Crippen molar-refractivity contribution in [2.75, 3.05) is 0 Å². The molecule has 2 atom stereocenters. The molecule has 2 nitrogen and oxygen atoms in total. The summed E-state index contributed by atoms with van der Waals surface area (Å²) in [6, 6.07) is 3.69. The maximum Gasteiger partial charge on any atom is 0.123 e. The Bertz CT molecular complexity index is 585. The van der Waals surface area contributed by atoms with Crippen LogP contribution in [0.3, 0.4) is 0 Å². The van der Waals surface area contributed by atoms with E-state index >= 15 is 0 Å². The summed E-state index contributed by atoms with van der Waals surface area (Å²) >= 11 is 0. The van der Waals surface area contributed by atoms with Crippen LogP contribution in [0.4, 0.5) is 0 Å². The van der Waals surface area contributed by atoms with Crippen LogP contribution in [0.25, 0.3) is 0 Å². The van der Waals surface area contributed by atoms with E-state index in [1.54, 1.807) is 0 Å². The van der Waals surface area contributed by atoms with Crippen LogP contribution < -0.4 is 0 Å². The zero-order valence-corrected chi connectivity index (χ0v) is 12.9. The van der Waals surface area contributed by atoms with Crippen molar-refractivity contribution >= 4 is 0 Å². The van der Waals surface area contributed by atoms with Crippen LogP contribution >= 0.6 is 0 Å². The van der Waals surface area contributed by atoms with Crippen LogP contribution in [0.5, 0.6) is 11.5 Å². The van der Waals surface area contributed by atoms with Crippen LogP contribution in [0.15, 0.2) is 35.9 Å². The molecule has 2 heteroatoms. The lowest BCUT2D eigenvalue weighted by Crippen LogP contribution is -2.17. The summed E-state index contributed by atoms with van der Waals surface area (Å²) in [6.45, 7) is 8.26. The molecule has 1 aromatic rings. The number of phenolic OH excluding ortho intramolecular Hbond substituents is 2. The lowest BCUT2D eigenvalue weighted by atomic mass is 9.73. The minimum Gasteiger partial charge on any atom is -0.507 e. The van der Waals surface area contributed by atoms with E-state index in [2.05, 4.69) is 19.6 Å². The Morgan fingerprint density at radius 3 is 2.29 bits per heavy atom. The molecule has 0 unspecified atom stereocenters. The number of allylic oxidation sites excluding steroid dienone is 3. The summed E-state index contributed by atoms with van der Waals surface area (Å²) in [6.07, 6.45) is 6.61. The van der Waals surface area contributed by atoms with Gasteiger partial charge >= 0.3 is 0 Å². The Morgan fingerprint density at radius 2 is 1.76 bits per heavy atom. The average Bonchev–Trinajstić information content (AvgIpc) is 3.21. The van der Waals surface area contributed by atoms with Gasteiger partial charge < -0.3 is 10.2 Å². The highest BCUT2D eigenvalue weighted by atomic mass is 16.3. The van der Waals surface area contributed by atoms with E-state index in [0.717, 1.165) is 36.8 Å². The lowest BCUT2D eigenvalue weighted by molar-refractivity contribution is 0.406. The van der Waals surface area contributed by atoms with Gasteiger partial charge in [-0.1, -0.05) is 23.8 Å². The third-order valence-electron chi connectivity index (χ3n) is 4.92. The molecule has 0 aromatic heterocycles. The molecule has 2 aliphatic rings. The Morgan fingerprint density at radius 1 is 1.14 bits per heavy atom. The maximum atomic E-state index is 10.5. The van der Waals surface area contributed by atoms with Gasteiger partial charge in [-0.15, -0.1) is 0 Å². The number of hydrogen-bond donors (Lipinski definition) is 2. The molecule has 1 aromatic carbocycles. The topological polar surface area (TPSA) is 40.5 Å². The number of aromatic hydroxyl groups is 2. The number of phenols is 2. The molecule has 0 saturated heterocycles. The molecule has 1 saturated carbocycles. The predicted octanol–water partition coefficient (Wildman–Crippen LogP) is 4.99. The molecule has 0 radical (unpaired) electrons.